The van der Waals surface area contributed by atoms with E-state index in [2.05, 4.69) is 5.32 Å². The lowest BCUT2D eigenvalue weighted by Crippen LogP contribution is -2.47. The van der Waals surface area contributed by atoms with E-state index in [9.17, 15) is 19.2 Å². The summed E-state index contributed by atoms with van der Waals surface area (Å²) in [6, 6.07) is 5.99. The van der Waals surface area contributed by atoms with E-state index in [4.69, 9.17) is 11.6 Å². The van der Waals surface area contributed by atoms with E-state index in [1.165, 1.54) is 0 Å². The standard InChI is InChI=1S/C19H22ClN3O4/c1-12-4-2-3-5-15(12)23-18(26)17(25)22(19(23)27)11-16(24)21-10-13-6-8-14(20)9-7-13/h6-9,12,15H,2-5,10-11H2,1H3,(H,21,24)/t12-,15-/m1/s1. The van der Waals surface area contributed by atoms with Gasteiger partial charge in [-0.3, -0.25) is 19.3 Å². The van der Waals surface area contributed by atoms with Crippen LogP contribution in [0.5, 0.6) is 0 Å². The number of carbonyl (C=O) groups is 4. The molecule has 8 heteroatoms. The molecule has 0 spiro atoms. The summed E-state index contributed by atoms with van der Waals surface area (Å²) in [6.07, 6.45) is 3.58. The summed E-state index contributed by atoms with van der Waals surface area (Å²) in [5.74, 6) is -2.11. The first-order chi connectivity index (χ1) is 12.9. The van der Waals surface area contributed by atoms with Gasteiger partial charge in [0.05, 0.1) is 0 Å². The highest BCUT2D eigenvalue weighted by atomic mass is 35.5. The normalized spacial score (nSPS) is 23.1. The van der Waals surface area contributed by atoms with Crippen molar-refractivity contribution in [3.8, 4) is 0 Å². The zero-order valence-corrected chi connectivity index (χ0v) is 15.9. The largest absolute Gasteiger partial charge is 0.350 e. The number of hydrogen-bond acceptors (Lipinski definition) is 4. The van der Waals surface area contributed by atoms with Crippen molar-refractivity contribution in [3.63, 3.8) is 0 Å². The van der Waals surface area contributed by atoms with Crippen LogP contribution in [-0.4, -0.2) is 46.1 Å². The van der Waals surface area contributed by atoms with Crippen molar-refractivity contribution >= 4 is 35.4 Å². The molecule has 27 heavy (non-hydrogen) atoms. The Balaban J connectivity index is 1.61. The molecule has 144 valence electrons. The lowest BCUT2D eigenvalue weighted by molar-refractivity contribution is -0.145. The number of halogens is 1. The number of benzene rings is 1. The Hall–Kier alpha value is -2.41. The number of imide groups is 2. The summed E-state index contributed by atoms with van der Waals surface area (Å²) >= 11 is 5.82. The van der Waals surface area contributed by atoms with Gasteiger partial charge in [-0.05, 0) is 36.5 Å². The van der Waals surface area contributed by atoms with E-state index >= 15 is 0 Å². The number of nitrogens with one attached hydrogen (secondary N) is 1. The average Bonchev–Trinajstić information content (AvgIpc) is 2.85. The molecule has 1 heterocycles. The fourth-order valence-electron chi connectivity index (χ4n) is 3.64. The van der Waals surface area contributed by atoms with E-state index in [0.29, 0.717) is 11.4 Å². The van der Waals surface area contributed by atoms with Crippen LogP contribution in [0, 0.1) is 5.92 Å². The molecule has 2 aliphatic rings. The van der Waals surface area contributed by atoms with E-state index in [1.54, 1.807) is 24.3 Å². The van der Waals surface area contributed by atoms with Gasteiger partial charge < -0.3 is 5.32 Å². The summed E-state index contributed by atoms with van der Waals surface area (Å²) in [5, 5.41) is 3.24. The van der Waals surface area contributed by atoms with Gasteiger partial charge in [-0.2, -0.15) is 0 Å². The third-order valence-corrected chi connectivity index (χ3v) is 5.44. The van der Waals surface area contributed by atoms with Gasteiger partial charge in [0, 0.05) is 17.6 Å². The molecular formula is C19H22ClN3O4. The zero-order valence-electron chi connectivity index (χ0n) is 15.1. The first-order valence-electron chi connectivity index (χ1n) is 9.08. The SMILES string of the molecule is C[C@@H]1CCCC[C@H]1N1C(=O)C(=O)N(CC(=O)NCc2ccc(Cl)cc2)C1=O. The third-order valence-electron chi connectivity index (χ3n) is 5.19. The molecule has 1 aliphatic heterocycles. The molecule has 0 radical (unpaired) electrons. The topological polar surface area (TPSA) is 86.8 Å². The second kappa shape index (κ2) is 8.08. The fourth-order valence-corrected chi connectivity index (χ4v) is 3.76. The molecule has 1 aromatic carbocycles. The molecule has 0 aromatic heterocycles. The molecule has 1 aromatic rings. The lowest BCUT2D eigenvalue weighted by Gasteiger charge is -2.34. The number of amides is 5. The number of carbonyl (C=O) groups excluding carboxylic acids is 4. The van der Waals surface area contributed by atoms with Gasteiger partial charge in [-0.15, -0.1) is 0 Å². The number of nitrogens with zero attached hydrogens (tertiary/aromatic N) is 2. The van der Waals surface area contributed by atoms with Crippen molar-refractivity contribution < 1.29 is 19.2 Å². The molecule has 1 aliphatic carbocycles. The van der Waals surface area contributed by atoms with Crippen molar-refractivity contribution in [1.29, 1.82) is 0 Å². The van der Waals surface area contributed by atoms with E-state index in [1.807, 2.05) is 6.92 Å². The van der Waals surface area contributed by atoms with E-state index < -0.39 is 30.3 Å². The molecule has 1 saturated heterocycles. The number of rotatable bonds is 5. The Morgan fingerprint density at radius 3 is 2.44 bits per heavy atom. The van der Waals surface area contributed by atoms with Gasteiger partial charge >= 0.3 is 17.8 Å². The quantitative estimate of drug-likeness (QED) is 0.616. The highest BCUT2D eigenvalue weighted by molar-refractivity contribution is 6.45. The highest BCUT2D eigenvalue weighted by Crippen LogP contribution is 2.31. The molecule has 7 nitrogen and oxygen atoms in total. The van der Waals surface area contributed by atoms with Gasteiger partial charge in [-0.1, -0.05) is 43.5 Å². The molecule has 0 unspecified atom stereocenters. The lowest BCUT2D eigenvalue weighted by atomic mass is 9.85. The maximum atomic E-state index is 12.6. The average molecular weight is 392 g/mol. The van der Waals surface area contributed by atoms with Crippen molar-refractivity contribution in [3.05, 3.63) is 34.9 Å². The minimum Gasteiger partial charge on any atom is -0.350 e. The van der Waals surface area contributed by atoms with E-state index in [-0.39, 0.29) is 18.5 Å². The molecule has 2 fully saturated rings. The Morgan fingerprint density at radius 2 is 1.78 bits per heavy atom. The minimum atomic E-state index is -0.931. The highest BCUT2D eigenvalue weighted by Gasteiger charge is 2.49. The molecule has 3 rings (SSSR count). The molecule has 2 atom stereocenters. The van der Waals surface area contributed by atoms with Crippen LogP contribution in [0.15, 0.2) is 24.3 Å². The summed E-state index contributed by atoms with van der Waals surface area (Å²) in [6.45, 7) is 1.76. The van der Waals surface area contributed by atoms with Crippen LogP contribution in [0.2, 0.25) is 5.02 Å². The van der Waals surface area contributed by atoms with Crippen molar-refractivity contribution in [2.24, 2.45) is 5.92 Å². The van der Waals surface area contributed by atoms with Crippen LogP contribution < -0.4 is 5.32 Å². The van der Waals surface area contributed by atoms with Crippen molar-refractivity contribution in [2.75, 3.05) is 6.54 Å². The first-order valence-corrected chi connectivity index (χ1v) is 9.46. The zero-order chi connectivity index (χ0) is 19.6. The molecular weight excluding hydrogens is 370 g/mol. The Morgan fingerprint density at radius 1 is 1.11 bits per heavy atom. The molecule has 1 saturated carbocycles. The maximum Gasteiger partial charge on any atom is 0.334 e. The maximum absolute atomic E-state index is 12.6. The van der Waals surface area contributed by atoms with Crippen LogP contribution in [0.1, 0.15) is 38.2 Å². The van der Waals surface area contributed by atoms with Gasteiger partial charge in [0.1, 0.15) is 6.54 Å². The van der Waals surface area contributed by atoms with Crippen LogP contribution in [0.4, 0.5) is 4.79 Å². The first kappa shape index (κ1) is 19.4. The van der Waals surface area contributed by atoms with Gasteiger partial charge in [0.25, 0.3) is 0 Å². The van der Waals surface area contributed by atoms with Gasteiger partial charge in [0.15, 0.2) is 0 Å². The van der Waals surface area contributed by atoms with Crippen LogP contribution >= 0.6 is 11.6 Å². The van der Waals surface area contributed by atoms with Crippen LogP contribution in [0.25, 0.3) is 0 Å². The molecule has 5 amide bonds. The second-order valence-electron chi connectivity index (χ2n) is 7.08. The predicted octanol–water partition coefficient (Wildman–Crippen LogP) is 2.33. The molecule has 1 N–H and O–H groups in total. The van der Waals surface area contributed by atoms with Crippen LogP contribution in [0.3, 0.4) is 0 Å². The second-order valence-corrected chi connectivity index (χ2v) is 7.52. The summed E-state index contributed by atoms with van der Waals surface area (Å²) in [7, 11) is 0. The smallest absolute Gasteiger partial charge is 0.334 e. The van der Waals surface area contributed by atoms with Crippen molar-refractivity contribution in [2.45, 2.75) is 45.2 Å². The molecule has 0 bridgehead atoms. The minimum absolute atomic E-state index is 0.151. The van der Waals surface area contributed by atoms with E-state index in [0.717, 1.165) is 34.6 Å². The predicted molar refractivity (Wildman–Crippen MR) is 98.7 cm³/mol. The van der Waals surface area contributed by atoms with Gasteiger partial charge in [0.2, 0.25) is 5.91 Å². The van der Waals surface area contributed by atoms with Crippen molar-refractivity contribution in [1.82, 2.24) is 15.1 Å². The fraction of sp³-hybridized carbons (Fsp3) is 0.474. The Labute approximate surface area is 162 Å². The van der Waals surface area contributed by atoms with Gasteiger partial charge in [-0.25, -0.2) is 9.69 Å². The summed E-state index contributed by atoms with van der Waals surface area (Å²) in [4.78, 5) is 51.2. The number of hydrogen-bond donors (Lipinski definition) is 1. The number of urea groups is 1. The monoisotopic (exact) mass is 391 g/mol. The summed E-state index contributed by atoms with van der Waals surface area (Å²) < 4.78 is 0. The Bertz CT molecular complexity index is 765. The van der Waals surface area contributed by atoms with Crippen LogP contribution in [-0.2, 0) is 20.9 Å². The third kappa shape index (κ3) is 4.13. The summed E-state index contributed by atoms with van der Waals surface area (Å²) in [5.41, 5.74) is 0.834. The Kier molecular flexibility index (Phi) is 5.79.